The number of imidazole rings is 1. The predicted octanol–water partition coefficient (Wildman–Crippen LogP) is 3.97. The lowest BCUT2D eigenvalue weighted by Crippen LogP contribution is -2.45. The van der Waals surface area contributed by atoms with Crippen LogP contribution in [0.5, 0.6) is 0 Å². The van der Waals surface area contributed by atoms with E-state index >= 15 is 0 Å². The molecule has 2 aromatic rings. The van der Waals surface area contributed by atoms with Crippen molar-refractivity contribution >= 4 is 17.0 Å². The lowest BCUT2D eigenvalue weighted by atomic mass is 9.55. The Morgan fingerprint density at radius 2 is 2.25 bits per heavy atom. The summed E-state index contributed by atoms with van der Waals surface area (Å²) in [6, 6.07) is 8.03. The number of benzene rings is 1. The van der Waals surface area contributed by atoms with Crippen molar-refractivity contribution in [3.63, 3.8) is 0 Å². The molecule has 2 saturated carbocycles. The van der Waals surface area contributed by atoms with E-state index in [4.69, 9.17) is 4.74 Å². The standard InChI is InChI=1S/C23H29N3O2/c1-14-6-5-9-23(2)11-20-15(10-17(14)23)16(22(27)28-20)12-24-13-21-25-18-7-3-4-8-19(18)26-21/h3-4,7-8,15-17,20,24H,1,5-6,9-13H2,2H3,(H,25,26). The zero-order valence-corrected chi connectivity index (χ0v) is 16.5. The highest BCUT2D eigenvalue weighted by Crippen LogP contribution is 2.56. The summed E-state index contributed by atoms with van der Waals surface area (Å²) in [7, 11) is 0. The van der Waals surface area contributed by atoms with Crippen molar-refractivity contribution in [3.8, 4) is 0 Å². The highest BCUT2D eigenvalue weighted by Gasteiger charge is 2.54. The second-order valence-electron chi connectivity index (χ2n) is 9.24. The van der Waals surface area contributed by atoms with Crippen LogP contribution in [-0.2, 0) is 16.1 Å². The number of nitrogens with zero attached hydrogens (tertiary/aromatic N) is 1. The van der Waals surface area contributed by atoms with Gasteiger partial charge in [0.15, 0.2) is 0 Å². The van der Waals surface area contributed by atoms with Gasteiger partial charge >= 0.3 is 5.97 Å². The molecule has 0 bridgehead atoms. The monoisotopic (exact) mass is 379 g/mol. The Bertz CT molecular complexity index is 886. The first-order valence-corrected chi connectivity index (χ1v) is 10.6. The van der Waals surface area contributed by atoms with Crippen LogP contribution in [0.2, 0.25) is 0 Å². The predicted molar refractivity (Wildman–Crippen MR) is 108 cm³/mol. The molecule has 5 nitrogen and oxygen atoms in total. The molecule has 1 aliphatic heterocycles. The van der Waals surface area contributed by atoms with Crippen molar-refractivity contribution in [1.82, 2.24) is 15.3 Å². The minimum absolute atomic E-state index is 0.0278. The molecular weight excluding hydrogens is 350 g/mol. The number of esters is 1. The van der Waals surface area contributed by atoms with Crippen LogP contribution in [0, 0.1) is 23.2 Å². The number of aromatic amines is 1. The van der Waals surface area contributed by atoms with E-state index in [-0.39, 0.29) is 23.4 Å². The van der Waals surface area contributed by atoms with Crippen molar-refractivity contribution in [3.05, 3.63) is 42.2 Å². The van der Waals surface area contributed by atoms with Crippen molar-refractivity contribution < 1.29 is 9.53 Å². The average molecular weight is 380 g/mol. The highest BCUT2D eigenvalue weighted by atomic mass is 16.6. The van der Waals surface area contributed by atoms with E-state index in [2.05, 4.69) is 28.8 Å². The fourth-order valence-electron chi connectivity index (χ4n) is 5.92. The molecule has 1 saturated heterocycles. The minimum Gasteiger partial charge on any atom is -0.462 e. The fraction of sp³-hybridized carbons (Fsp3) is 0.565. The second kappa shape index (κ2) is 6.73. The van der Waals surface area contributed by atoms with Crippen LogP contribution >= 0.6 is 0 Å². The van der Waals surface area contributed by atoms with Gasteiger partial charge in [-0.25, -0.2) is 4.98 Å². The van der Waals surface area contributed by atoms with Crippen LogP contribution in [0.4, 0.5) is 0 Å². The molecular formula is C23H29N3O2. The lowest BCUT2D eigenvalue weighted by molar-refractivity contribution is -0.146. The molecule has 28 heavy (non-hydrogen) atoms. The first-order chi connectivity index (χ1) is 13.5. The first-order valence-electron chi connectivity index (χ1n) is 10.6. The molecule has 5 atom stereocenters. The van der Waals surface area contributed by atoms with Crippen LogP contribution in [0.1, 0.15) is 44.9 Å². The maximum atomic E-state index is 12.6. The molecule has 1 aromatic heterocycles. The molecule has 0 amide bonds. The number of rotatable bonds is 4. The molecule has 5 heteroatoms. The van der Waals surface area contributed by atoms with Gasteiger partial charge in [-0.2, -0.15) is 0 Å². The summed E-state index contributed by atoms with van der Waals surface area (Å²) in [5.74, 6) is 1.66. The molecule has 2 heterocycles. The van der Waals surface area contributed by atoms with Gasteiger partial charge in [0, 0.05) is 12.5 Å². The number of allylic oxidation sites excluding steroid dienone is 1. The van der Waals surface area contributed by atoms with E-state index in [1.807, 2.05) is 24.3 Å². The summed E-state index contributed by atoms with van der Waals surface area (Å²) in [6.45, 7) is 8.02. The Morgan fingerprint density at radius 3 is 3.11 bits per heavy atom. The molecule has 3 fully saturated rings. The Kier molecular flexibility index (Phi) is 4.31. The van der Waals surface area contributed by atoms with Crippen molar-refractivity contribution in [2.45, 2.75) is 51.7 Å². The van der Waals surface area contributed by atoms with E-state index in [9.17, 15) is 4.79 Å². The maximum absolute atomic E-state index is 12.6. The SMILES string of the molecule is C=C1CCCC2(C)CC3OC(=O)C(CNCc4nc5ccccc5[nH]4)C3CC12. The van der Waals surface area contributed by atoms with E-state index in [1.165, 1.54) is 18.4 Å². The Balaban J connectivity index is 1.25. The number of carbonyl (C=O) groups is 1. The molecule has 2 aliphatic carbocycles. The third-order valence-corrected chi connectivity index (χ3v) is 7.41. The maximum Gasteiger partial charge on any atom is 0.310 e. The van der Waals surface area contributed by atoms with E-state index in [1.54, 1.807) is 0 Å². The van der Waals surface area contributed by atoms with E-state index in [0.717, 1.165) is 36.1 Å². The normalized spacial score (nSPS) is 34.9. The number of fused-ring (bicyclic) bond motifs is 3. The quantitative estimate of drug-likeness (QED) is 0.623. The van der Waals surface area contributed by atoms with Crippen LogP contribution in [0.25, 0.3) is 11.0 Å². The van der Waals surface area contributed by atoms with Gasteiger partial charge in [-0.3, -0.25) is 4.79 Å². The summed E-state index contributed by atoms with van der Waals surface area (Å²) >= 11 is 0. The van der Waals surface area contributed by atoms with E-state index < -0.39 is 0 Å². The van der Waals surface area contributed by atoms with Gasteiger partial charge in [0.05, 0.1) is 23.5 Å². The summed E-state index contributed by atoms with van der Waals surface area (Å²) < 4.78 is 5.85. The van der Waals surface area contributed by atoms with Gasteiger partial charge in [0.2, 0.25) is 0 Å². The fourth-order valence-corrected chi connectivity index (χ4v) is 5.92. The number of carbonyl (C=O) groups excluding carboxylic acids is 1. The van der Waals surface area contributed by atoms with Crippen molar-refractivity contribution in [2.75, 3.05) is 6.54 Å². The van der Waals surface area contributed by atoms with Gasteiger partial charge < -0.3 is 15.0 Å². The Morgan fingerprint density at radius 1 is 1.39 bits per heavy atom. The van der Waals surface area contributed by atoms with Crippen LogP contribution < -0.4 is 5.32 Å². The van der Waals surface area contributed by atoms with Gasteiger partial charge in [0.25, 0.3) is 0 Å². The van der Waals surface area contributed by atoms with Crippen LogP contribution in [-0.4, -0.2) is 28.6 Å². The smallest absolute Gasteiger partial charge is 0.310 e. The molecule has 0 spiro atoms. The number of aromatic nitrogens is 2. The number of hydrogen-bond donors (Lipinski definition) is 2. The molecule has 3 aliphatic rings. The third-order valence-electron chi connectivity index (χ3n) is 7.41. The number of ether oxygens (including phenoxy) is 1. The third kappa shape index (κ3) is 2.96. The molecule has 5 unspecified atom stereocenters. The van der Waals surface area contributed by atoms with Gasteiger partial charge in [-0.05, 0) is 55.6 Å². The number of nitrogens with one attached hydrogen (secondary N) is 2. The van der Waals surface area contributed by atoms with E-state index in [0.29, 0.717) is 24.9 Å². The molecule has 1 aromatic carbocycles. The zero-order chi connectivity index (χ0) is 19.3. The van der Waals surface area contributed by atoms with Crippen LogP contribution in [0.15, 0.2) is 36.4 Å². The first kappa shape index (κ1) is 17.9. The minimum atomic E-state index is -0.0614. The number of para-hydroxylation sites is 2. The lowest BCUT2D eigenvalue weighted by Gasteiger charge is -2.50. The highest BCUT2D eigenvalue weighted by molar-refractivity contribution is 5.76. The largest absolute Gasteiger partial charge is 0.462 e. The molecule has 0 radical (unpaired) electrons. The van der Waals surface area contributed by atoms with Crippen LogP contribution in [0.3, 0.4) is 0 Å². The molecule has 148 valence electrons. The molecule has 2 N–H and O–H groups in total. The summed E-state index contributed by atoms with van der Waals surface area (Å²) in [5.41, 5.74) is 3.66. The number of hydrogen-bond acceptors (Lipinski definition) is 4. The second-order valence-corrected chi connectivity index (χ2v) is 9.24. The zero-order valence-electron chi connectivity index (χ0n) is 16.5. The van der Waals surface area contributed by atoms with Gasteiger partial charge in [-0.15, -0.1) is 0 Å². The topological polar surface area (TPSA) is 67.0 Å². The summed E-state index contributed by atoms with van der Waals surface area (Å²) in [4.78, 5) is 20.5. The van der Waals surface area contributed by atoms with Gasteiger partial charge in [0.1, 0.15) is 11.9 Å². The summed E-state index contributed by atoms with van der Waals surface area (Å²) in [5, 5.41) is 3.44. The van der Waals surface area contributed by atoms with Crippen molar-refractivity contribution in [2.24, 2.45) is 23.2 Å². The Labute approximate surface area is 165 Å². The van der Waals surface area contributed by atoms with Crippen molar-refractivity contribution in [1.29, 1.82) is 0 Å². The average Bonchev–Trinajstić information content (AvgIpc) is 3.20. The van der Waals surface area contributed by atoms with Gasteiger partial charge in [-0.1, -0.05) is 31.2 Å². The summed E-state index contributed by atoms with van der Waals surface area (Å²) in [6.07, 6.45) is 5.71. The molecule has 5 rings (SSSR count). The number of H-pyrrole nitrogens is 1. The Hall–Kier alpha value is -2.14.